The lowest BCUT2D eigenvalue weighted by Crippen LogP contribution is -2.31. The van der Waals surface area contributed by atoms with Crippen molar-refractivity contribution in [3.05, 3.63) is 10.4 Å². The van der Waals surface area contributed by atoms with E-state index in [9.17, 15) is 4.79 Å². The molecule has 3 N–H and O–H groups in total. The van der Waals surface area contributed by atoms with E-state index in [0.29, 0.717) is 18.2 Å². The van der Waals surface area contributed by atoms with Gasteiger partial charge in [-0.2, -0.15) is 4.98 Å². The zero-order chi connectivity index (χ0) is 11.0. The molecule has 0 aliphatic carbocycles. The molecule has 82 valence electrons. The SMILES string of the molecule is CCN1CN(CC)c2c1nc(N)[nH]c2=O. The minimum Gasteiger partial charge on any atom is -0.369 e. The molecule has 6 nitrogen and oxygen atoms in total. The van der Waals surface area contributed by atoms with Gasteiger partial charge >= 0.3 is 0 Å². The highest BCUT2D eigenvalue weighted by atomic mass is 16.1. The molecule has 0 saturated heterocycles. The van der Waals surface area contributed by atoms with E-state index in [1.807, 2.05) is 23.6 Å². The van der Waals surface area contributed by atoms with Crippen molar-refractivity contribution in [2.24, 2.45) is 0 Å². The topological polar surface area (TPSA) is 78.2 Å². The summed E-state index contributed by atoms with van der Waals surface area (Å²) in [6.07, 6.45) is 0. The molecule has 1 aromatic heterocycles. The summed E-state index contributed by atoms with van der Waals surface area (Å²) in [5.74, 6) is 0.871. The van der Waals surface area contributed by atoms with Gasteiger partial charge in [-0.3, -0.25) is 9.78 Å². The van der Waals surface area contributed by atoms with E-state index in [-0.39, 0.29) is 11.5 Å². The number of aromatic amines is 1. The van der Waals surface area contributed by atoms with Crippen molar-refractivity contribution in [2.45, 2.75) is 13.8 Å². The molecular formula is C9H15N5O. The van der Waals surface area contributed by atoms with Crippen molar-refractivity contribution < 1.29 is 0 Å². The zero-order valence-corrected chi connectivity index (χ0v) is 8.95. The van der Waals surface area contributed by atoms with Crippen LogP contribution in [0, 0.1) is 0 Å². The van der Waals surface area contributed by atoms with Crippen LogP contribution in [0.4, 0.5) is 17.5 Å². The van der Waals surface area contributed by atoms with Crippen molar-refractivity contribution in [2.75, 3.05) is 35.3 Å². The standard InChI is InChI=1S/C9H15N5O/c1-3-13-5-14(4-2)7-6(13)8(15)12-9(10)11-7/h3-5H2,1-2H3,(H3,10,11,12,15). The van der Waals surface area contributed by atoms with Gasteiger partial charge in [0.05, 0.1) is 6.67 Å². The van der Waals surface area contributed by atoms with Gasteiger partial charge in [0.2, 0.25) is 5.95 Å². The number of nitrogens with two attached hydrogens (primary N) is 1. The predicted octanol–water partition coefficient (Wildman–Crippen LogP) is -0.0242. The van der Waals surface area contributed by atoms with Crippen LogP contribution in [-0.4, -0.2) is 29.7 Å². The highest BCUT2D eigenvalue weighted by Crippen LogP contribution is 2.29. The molecule has 0 bridgehead atoms. The van der Waals surface area contributed by atoms with E-state index in [2.05, 4.69) is 9.97 Å². The molecule has 0 fully saturated rings. The van der Waals surface area contributed by atoms with E-state index < -0.39 is 0 Å². The number of nitrogens with zero attached hydrogens (tertiary/aromatic N) is 3. The normalized spacial score (nSPS) is 14.5. The number of hydrogen-bond acceptors (Lipinski definition) is 5. The first-order valence-electron chi connectivity index (χ1n) is 5.07. The number of H-pyrrole nitrogens is 1. The Morgan fingerprint density at radius 2 is 2.07 bits per heavy atom. The largest absolute Gasteiger partial charge is 0.369 e. The van der Waals surface area contributed by atoms with Gasteiger partial charge in [-0.15, -0.1) is 0 Å². The van der Waals surface area contributed by atoms with Crippen LogP contribution in [0.1, 0.15) is 13.8 Å². The quantitative estimate of drug-likeness (QED) is 0.715. The van der Waals surface area contributed by atoms with Crippen molar-refractivity contribution in [1.82, 2.24) is 9.97 Å². The fourth-order valence-corrected chi connectivity index (χ4v) is 1.83. The van der Waals surface area contributed by atoms with Crippen LogP contribution in [0.3, 0.4) is 0 Å². The van der Waals surface area contributed by atoms with E-state index in [0.717, 1.165) is 13.1 Å². The predicted molar refractivity (Wildman–Crippen MR) is 60.2 cm³/mol. The smallest absolute Gasteiger partial charge is 0.278 e. The molecular weight excluding hydrogens is 194 g/mol. The molecule has 0 unspecified atom stereocenters. The van der Waals surface area contributed by atoms with Crippen molar-refractivity contribution >= 4 is 17.5 Å². The maximum absolute atomic E-state index is 11.7. The highest BCUT2D eigenvalue weighted by Gasteiger charge is 2.28. The molecule has 0 spiro atoms. The molecule has 0 amide bonds. The fourth-order valence-electron chi connectivity index (χ4n) is 1.83. The summed E-state index contributed by atoms with van der Waals surface area (Å²) in [6.45, 7) is 6.36. The maximum atomic E-state index is 11.7. The number of nitrogen functional groups attached to an aromatic ring is 1. The monoisotopic (exact) mass is 209 g/mol. The lowest BCUT2D eigenvalue weighted by molar-refractivity contribution is 0.795. The Kier molecular flexibility index (Phi) is 2.26. The number of hydrogen-bond donors (Lipinski definition) is 2. The zero-order valence-electron chi connectivity index (χ0n) is 8.95. The van der Waals surface area contributed by atoms with Crippen LogP contribution in [0.5, 0.6) is 0 Å². The van der Waals surface area contributed by atoms with Crippen molar-refractivity contribution in [1.29, 1.82) is 0 Å². The summed E-state index contributed by atoms with van der Waals surface area (Å²) in [5, 5.41) is 0. The van der Waals surface area contributed by atoms with Gasteiger partial charge in [0.1, 0.15) is 5.69 Å². The fraction of sp³-hybridized carbons (Fsp3) is 0.556. The molecule has 1 aromatic rings. The van der Waals surface area contributed by atoms with Gasteiger partial charge in [0, 0.05) is 13.1 Å². The van der Waals surface area contributed by atoms with E-state index in [4.69, 9.17) is 5.73 Å². The van der Waals surface area contributed by atoms with Crippen LogP contribution in [0.25, 0.3) is 0 Å². The lowest BCUT2D eigenvalue weighted by Gasteiger charge is -2.17. The van der Waals surface area contributed by atoms with Crippen LogP contribution in [0.2, 0.25) is 0 Å². The Morgan fingerprint density at radius 3 is 2.67 bits per heavy atom. The third kappa shape index (κ3) is 1.42. The van der Waals surface area contributed by atoms with Crippen LogP contribution in [0.15, 0.2) is 4.79 Å². The molecule has 0 aromatic carbocycles. The third-order valence-corrected chi connectivity index (χ3v) is 2.62. The Morgan fingerprint density at radius 1 is 1.40 bits per heavy atom. The molecule has 6 heteroatoms. The first-order chi connectivity index (χ1) is 7.17. The Labute approximate surface area is 87.7 Å². The van der Waals surface area contributed by atoms with Crippen molar-refractivity contribution in [3.63, 3.8) is 0 Å². The number of rotatable bonds is 2. The molecule has 1 aliphatic rings. The minimum atomic E-state index is -0.157. The summed E-state index contributed by atoms with van der Waals surface area (Å²) in [6, 6.07) is 0. The second-order valence-corrected chi connectivity index (χ2v) is 3.48. The number of nitrogens with one attached hydrogen (secondary N) is 1. The van der Waals surface area contributed by atoms with Gasteiger partial charge in [-0.25, -0.2) is 0 Å². The first kappa shape index (κ1) is 9.82. The molecule has 2 rings (SSSR count). The van der Waals surface area contributed by atoms with Gasteiger partial charge in [-0.1, -0.05) is 0 Å². The van der Waals surface area contributed by atoms with Gasteiger partial charge in [-0.05, 0) is 13.8 Å². The van der Waals surface area contributed by atoms with E-state index >= 15 is 0 Å². The average molecular weight is 209 g/mol. The number of anilines is 3. The van der Waals surface area contributed by atoms with Gasteiger partial charge in [0.25, 0.3) is 5.56 Å². The highest BCUT2D eigenvalue weighted by molar-refractivity contribution is 5.72. The summed E-state index contributed by atoms with van der Waals surface area (Å²) in [5.41, 5.74) is 6.00. The second-order valence-electron chi connectivity index (χ2n) is 3.48. The molecule has 0 atom stereocenters. The molecule has 2 heterocycles. The summed E-state index contributed by atoms with van der Waals surface area (Å²) in [4.78, 5) is 22.4. The maximum Gasteiger partial charge on any atom is 0.278 e. The van der Waals surface area contributed by atoms with Crippen molar-refractivity contribution in [3.8, 4) is 0 Å². The van der Waals surface area contributed by atoms with E-state index in [1.165, 1.54) is 0 Å². The molecule has 0 radical (unpaired) electrons. The summed E-state index contributed by atoms with van der Waals surface area (Å²) in [7, 11) is 0. The number of aromatic nitrogens is 2. The van der Waals surface area contributed by atoms with Crippen LogP contribution < -0.4 is 21.1 Å². The second kappa shape index (κ2) is 3.45. The van der Waals surface area contributed by atoms with E-state index in [1.54, 1.807) is 0 Å². The molecule has 1 aliphatic heterocycles. The number of fused-ring (bicyclic) bond motifs is 1. The minimum absolute atomic E-state index is 0.157. The Balaban J connectivity index is 2.58. The molecule has 15 heavy (non-hydrogen) atoms. The Bertz CT molecular complexity index is 427. The summed E-state index contributed by atoms with van der Waals surface area (Å²) >= 11 is 0. The lowest BCUT2D eigenvalue weighted by atomic mass is 10.4. The molecule has 0 saturated carbocycles. The first-order valence-corrected chi connectivity index (χ1v) is 5.07. The van der Waals surface area contributed by atoms with Crippen LogP contribution in [-0.2, 0) is 0 Å². The Hall–Kier alpha value is -1.72. The van der Waals surface area contributed by atoms with Crippen LogP contribution >= 0.6 is 0 Å². The average Bonchev–Trinajstić information content (AvgIpc) is 2.55. The summed E-state index contributed by atoms with van der Waals surface area (Å²) < 4.78 is 0. The van der Waals surface area contributed by atoms with Gasteiger partial charge < -0.3 is 15.5 Å². The third-order valence-electron chi connectivity index (χ3n) is 2.62. The van der Waals surface area contributed by atoms with Gasteiger partial charge in [0.15, 0.2) is 5.82 Å².